The number of thioether (sulfide) groups is 1. The zero-order valence-corrected chi connectivity index (χ0v) is 15.0. The summed E-state index contributed by atoms with van der Waals surface area (Å²) in [5, 5.41) is 9.66. The number of aliphatic carboxylic acids is 1. The molecule has 1 heterocycles. The lowest BCUT2D eigenvalue weighted by Gasteiger charge is -2.23. The van der Waals surface area contributed by atoms with Gasteiger partial charge in [0.2, 0.25) is 0 Å². The standard InChI is InChI=1S/C19H15NO3S2/c1-12-7-5-6-10-14(12)11-15-17(21)20(19(24)25-15)16(18(22)23)13-8-3-2-4-9-13/h2-11,16H,1H3,(H,22,23). The molecule has 1 unspecified atom stereocenters. The Morgan fingerprint density at radius 1 is 1.16 bits per heavy atom. The van der Waals surface area contributed by atoms with E-state index in [9.17, 15) is 14.7 Å². The Morgan fingerprint density at radius 2 is 1.80 bits per heavy atom. The third-order valence-electron chi connectivity index (χ3n) is 3.91. The van der Waals surface area contributed by atoms with Gasteiger partial charge in [0.25, 0.3) is 5.91 Å². The van der Waals surface area contributed by atoms with E-state index in [4.69, 9.17) is 12.2 Å². The number of carboxylic acids is 1. The number of amides is 1. The third-order valence-corrected chi connectivity index (χ3v) is 5.24. The molecule has 1 fully saturated rings. The maximum atomic E-state index is 12.8. The molecular formula is C19H15NO3S2. The highest BCUT2D eigenvalue weighted by Crippen LogP contribution is 2.38. The number of hydrogen-bond acceptors (Lipinski definition) is 4. The second-order valence-corrected chi connectivity index (χ2v) is 7.24. The fourth-order valence-electron chi connectivity index (χ4n) is 2.63. The molecule has 1 N–H and O–H groups in total. The van der Waals surface area contributed by atoms with Crippen LogP contribution in [0.1, 0.15) is 22.7 Å². The summed E-state index contributed by atoms with van der Waals surface area (Å²) < 4.78 is 0.251. The number of benzene rings is 2. The van der Waals surface area contributed by atoms with E-state index >= 15 is 0 Å². The first-order chi connectivity index (χ1) is 12.0. The van der Waals surface area contributed by atoms with E-state index in [1.807, 2.05) is 31.2 Å². The monoisotopic (exact) mass is 369 g/mol. The van der Waals surface area contributed by atoms with E-state index < -0.39 is 12.0 Å². The summed E-state index contributed by atoms with van der Waals surface area (Å²) in [5.41, 5.74) is 2.46. The van der Waals surface area contributed by atoms with Crippen molar-refractivity contribution in [2.24, 2.45) is 0 Å². The second-order valence-electron chi connectivity index (χ2n) is 5.56. The van der Waals surface area contributed by atoms with Crippen molar-refractivity contribution < 1.29 is 14.7 Å². The summed E-state index contributed by atoms with van der Waals surface area (Å²) in [5.74, 6) is -1.49. The maximum absolute atomic E-state index is 12.8. The van der Waals surface area contributed by atoms with Crippen molar-refractivity contribution >= 4 is 46.3 Å². The summed E-state index contributed by atoms with van der Waals surface area (Å²) in [4.78, 5) is 26.3. The van der Waals surface area contributed by atoms with Crippen LogP contribution in [-0.2, 0) is 9.59 Å². The fraction of sp³-hybridized carbons (Fsp3) is 0.105. The number of aryl methyl sites for hydroxylation is 1. The molecule has 0 bridgehead atoms. The minimum absolute atomic E-state index is 0.251. The third kappa shape index (κ3) is 3.50. The lowest BCUT2D eigenvalue weighted by atomic mass is 10.1. The zero-order chi connectivity index (χ0) is 18.0. The smallest absolute Gasteiger partial charge is 0.331 e. The number of hydrogen-bond donors (Lipinski definition) is 1. The Bertz CT molecular complexity index is 877. The van der Waals surface area contributed by atoms with Crippen LogP contribution in [0.25, 0.3) is 6.08 Å². The van der Waals surface area contributed by atoms with Gasteiger partial charge in [-0.1, -0.05) is 78.6 Å². The molecule has 4 nitrogen and oxygen atoms in total. The lowest BCUT2D eigenvalue weighted by Crippen LogP contribution is -2.37. The minimum atomic E-state index is -1.13. The summed E-state index contributed by atoms with van der Waals surface area (Å²) in [6, 6.07) is 15.2. The van der Waals surface area contributed by atoms with Gasteiger partial charge in [-0.25, -0.2) is 4.79 Å². The number of carbonyl (C=O) groups excluding carboxylic acids is 1. The molecule has 0 spiro atoms. The van der Waals surface area contributed by atoms with Crippen LogP contribution in [0, 0.1) is 6.92 Å². The molecule has 0 saturated carbocycles. The van der Waals surface area contributed by atoms with Gasteiger partial charge in [0, 0.05) is 0 Å². The van der Waals surface area contributed by atoms with E-state index in [2.05, 4.69) is 0 Å². The molecular weight excluding hydrogens is 354 g/mol. The van der Waals surface area contributed by atoms with Gasteiger partial charge in [-0.15, -0.1) is 0 Å². The predicted octanol–water partition coefficient (Wildman–Crippen LogP) is 4.02. The molecule has 1 saturated heterocycles. The van der Waals surface area contributed by atoms with Crippen LogP contribution in [0.2, 0.25) is 0 Å². The van der Waals surface area contributed by atoms with Gasteiger partial charge >= 0.3 is 5.97 Å². The predicted molar refractivity (Wildman–Crippen MR) is 103 cm³/mol. The highest BCUT2D eigenvalue weighted by Gasteiger charge is 2.41. The summed E-state index contributed by atoms with van der Waals surface area (Å²) in [6.45, 7) is 1.95. The Hall–Kier alpha value is -2.44. The molecule has 6 heteroatoms. The van der Waals surface area contributed by atoms with Gasteiger partial charge in [0.1, 0.15) is 4.32 Å². The Morgan fingerprint density at radius 3 is 2.44 bits per heavy atom. The van der Waals surface area contributed by atoms with Gasteiger partial charge in [-0.3, -0.25) is 9.69 Å². The highest BCUT2D eigenvalue weighted by atomic mass is 32.2. The van der Waals surface area contributed by atoms with Crippen molar-refractivity contribution in [3.63, 3.8) is 0 Å². The van der Waals surface area contributed by atoms with E-state index in [-0.39, 0.29) is 10.2 Å². The molecule has 3 rings (SSSR count). The average Bonchev–Trinajstić information content (AvgIpc) is 2.86. The van der Waals surface area contributed by atoms with E-state index in [1.54, 1.807) is 36.4 Å². The molecule has 1 atom stereocenters. The molecule has 1 aliphatic heterocycles. The molecule has 2 aromatic rings. The summed E-state index contributed by atoms with van der Waals surface area (Å²) >= 11 is 6.43. The molecule has 0 radical (unpaired) electrons. The van der Waals surface area contributed by atoms with Crippen molar-refractivity contribution in [3.05, 3.63) is 76.2 Å². The van der Waals surface area contributed by atoms with E-state index in [0.29, 0.717) is 10.5 Å². The average molecular weight is 369 g/mol. The molecule has 2 aromatic carbocycles. The first kappa shape index (κ1) is 17.4. The molecule has 0 aromatic heterocycles. The second kappa shape index (κ2) is 7.21. The molecule has 126 valence electrons. The maximum Gasteiger partial charge on any atom is 0.331 e. The number of rotatable bonds is 4. The van der Waals surface area contributed by atoms with Crippen LogP contribution < -0.4 is 0 Å². The Kier molecular flexibility index (Phi) is 5.01. The first-order valence-electron chi connectivity index (χ1n) is 7.59. The molecule has 1 amide bonds. The first-order valence-corrected chi connectivity index (χ1v) is 8.82. The van der Waals surface area contributed by atoms with Crippen molar-refractivity contribution in [2.45, 2.75) is 13.0 Å². The minimum Gasteiger partial charge on any atom is -0.479 e. The highest BCUT2D eigenvalue weighted by molar-refractivity contribution is 8.26. The van der Waals surface area contributed by atoms with Crippen LogP contribution in [-0.4, -0.2) is 26.2 Å². The largest absolute Gasteiger partial charge is 0.479 e. The van der Waals surface area contributed by atoms with Gasteiger partial charge in [-0.05, 0) is 29.7 Å². The van der Waals surface area contributed by atoms with Crippen molar-refractivity contribution in [2.75, 3.05) is 0 Å². The van der Waals surface area contributed by atoms with Crippen LogP contribution in [0.15, 0.2) is 59.5 Å². The zero-order valence-electron chi connectivity index (χ0n) is 13.4. The number of carboxylic acid groups (broad SMARTS) is 1. The van der Waals surface area contributed by atoms with Gasteiger partial charge in [0.05, 0.1) is 4.91 Å². The van der Waals surface area contributed by atoms with Crippen LogP contribution in [0.5, 0.6) is 0 Å². The van der Waals surface area contributed by atoms with Crippen LogP contribution >= 0.6 is 24.0 Å². The van der Waals surface area contributed by atoms with Crippen LogP contribution in [0.4, 0.5) is 0 Å². The molecule has 25 heavy (non-hydrogen) atoms. The Labute approximate surface area is 155 Å². The quantitative estimate of drug-likeness (QED) is 0.651. The fourth-order valence-corrected chi connectivity index (χ4v) is 3.93. The molecule has 0 aliphatic carbocycles. The number of thiocarbonyl (C=S) groups is 1. The van der Waals surface area contributed by atoms with Gasteiger partial charge < -0.3 is 5.11 Å². The van der Waals surface area contributed by atoms with E-state index in [1.165, 1.54) is 4.90 Å². The SMILES string of the molecule is Cc1ccccc1C=C1SC(=S)N(C(C(=O)O)c2ccccc2)C1=O. The summed E-state index contributed by atoms with van der Waals surface area (Å²) in [6.07, 6.45) is 1.76. The van der Waals surface area contributed by atoms with Gasteiger partial charge in [-0.2, -0.15) is 0 Å². The van der Waals surface area contributed by atoms with E-state index in [0.717, 1.165) is 22.9 Å². The number of nitrogens with zero attached hydrogens (tertiary/aromatic N) is 1. The van der Waals surface area contributed by atoms with Crippen molar-refractivity contribution in [1.29, 1.82) is 0 Å². The topological polar surface area (TPSA) is 57.6 Å². The Balaban J connectivity index is 1.98. The van der Waals surface area contributed by atoms with Crippen LogP contribution in [0.3, 0.4) is 0 Å². The number of carbonyl (C=O) groups is 2. The van der Waals surface area contributed by atoms with Crippen molar-refractivity contribution in [1.82, 2.24) is 4.90 Å². The van der Waals surface area contributed by atoms with Crippen molar-refractivity contribution in [3.8, 4) is 0 Å². The summed E-state index contributed by atoms with van der Waals surface area (Å²) in [7, 11) is 0. The lowest BCUT2D eigenvalue weighted by molar-refractivity contribution is -0.145. The van der Waals surface area contributed by atoms with Gasteiger partial charge in [0.15, 0.2) is 6.04 Å². The normalized spacial score (nSPS) is 17.2. The molecule has 1 aliphatic rings.